The van der Waals surface area contributed by atoms with Crippen LogP contribution < -0.4 is 14.8 Å². The number of hydrogen-bond donors (Lipinski definition) is 2. The number of carboxylic acids is 1. The van der Waals surface area contributed by atoms with E-state index in [4.69, 9.17) is 26.2 Å². The molecule has 0 radical (unpaired) electrons. The zero-order valence-corrected chi connectivity index (χ0v) is 15.4. The molecule has 0 bridgehead atoms. The maximum Gasteiger partial charge on any atom is 0.345 e. The summed E-state index contributed by atoms with van der Waals surface area (Å²) >= 11 is 6.04. The van der Waals surface area contributed by atoms with Crippen molar-refractivity contribution < 1.29 is 24.2 Å². The van der Waals surface area contributed by atoms with Crippen LogP contribution in [0.3, 0.4) is 0 Å². The molecule has 0 saturated heterocycles. The summed E-state index contributed by atoms with van der Waals surface area (Å²) in [6, 6.07) is 11.2. The zero-order valence-electron chi connectivity index (χ0n) is 14.7. The maximum atomic E-state index is 12.3. The van der Waals surface area contributed by atoms with Gasteiger partial charge in [-0.2, -0.15) is 0 Å². The van der Waals surface area contributed by atoms with Crippen molar-refractivity contribution in [3.05, 3.63) is 53.1 Å². The van der Waals surface area contributed by atoms with Crippen molar-refractivity contribution in [3.63, 3.8) is 0 Å². The van der Waals surface area contributed by atoms with Crippen LogP contribution in [0.15, 0.2) is 42.5 Å². The Morgan fingerprint density at radius 1 is 1.12 bits per heavy atom. The van der Waals surface area contributed by atoms with Crippen molar-refractivity contribution >= 4 is 29.2 Å². The smallest absolute Gasteiger partial charge is 0.345 e. The minimum absolute atomic E-state index is 0.185. The number of methoxy groups -OCH3 is 1. The summed E-state index contributed by atoms with van der Waals surface area (Å²) < 4.78 is 10.5. The highest BCUT2D eigenvalue weighted by Crippen LogP contribution is 2.27. The highest BCUT2D eigenvalue weighted by molar-refractivity contribution is 6.32. The first-order valence-corrected chi connectivity index (χ1v) is 8.34. The van der Waals surface area contributed by atoms with E-state index < -0.39 is 12.1 Å². The Bertz CT molecular complexity index is 789. The lowest BCUT2D eigenvalue weighted by atomic mass is 10.1. The number of benzene rings is 2. The number of carbonyl (C=O) groups excluding carboxylic acids is 1. The molecule has 2 aromatic rings. The van der Waals surface area contributed by atoms with Crippen LogP contribution in [0.25, 0.3) is 0 Å². The molecule has 0 aliphatic carbocycles. The van der Waals surface area contributed by atoms with Gasteiger partial charge in [-0.25, -0.2) is 4.79 Å². The predicted molar refractivity (Wildman–Crippen MR) is 99.3 cm³/mol. The average Bonchev–Trinajstić information content (AvgIpc) is 2.59. The second-order valence-electron chi connectivity index (χ2n) is 5.95. The molecule has 2 aromatic carbocycles. The van der Waals surface area contributed by atoms with Crippen LogP contribution in [-0.2, 0) is 4.79 Å². The second kappa shape index (κ2) is 8.58. The molecule has 2 N–H and O–H groups in total. The molecule has 0 heterocycles. The fourth-order valence-corrected chi connectivity index (χ4v) is 2.51. The fraction of sp³-hybridized carbons (Fsp3) is 0.263. The van der Waals surface area contributed by atoms with Gasteiger partial charge in [0, 0.05) is 17.2 Å². The Morgan fingerprint density at radius 2 is 1.77 bits per heavy atom. The molecule has 6 nitrogen and oxygen atoms in total. The van der Waals surface area contributed by atoms with Crippen LogP contribution >= 0.6 is 11.6 Å². The Balaban J connectivity index is 2.06. The Kier molecular flexibility index (Phi) is 6.46. The first kappa shape index (κ1) is 19.6. The van der Waals surface area contributed by atoms with E-state index in [1.807, 2.05) is 0 Å². The first-order chi connectivity index (χ1) is 12.3. The molecule has 0 fully saturated rings. The molecule has 2 rings (SSSR count). The van der Waals surface area contributed by atoms with Gasteiger partial charge in [-0.1, -0.05) is 25.4 Å². The second-order valence-corrected chi connectivity index (χ2v) is 6.36. The number of hydrogen-bond acceptors (Lipinski definition) is 4. The van der Waals surface area contributed by atoms with Gasteiger partial charge in [-0.05, 0) is 42.5 Å². The zero-order chi connectivity index (χ0) is 19.3. The number of halogens is 1. The molecular weight excluding hydrogens is 358 g/mol. The maximum absolute atomic E-state index is 12.3. The van der Waals surface area contributed by atoms with E-state index in [2.05, 4.69) is 5.32 Å². The van der Waals surface area contributed by atoms with Gasteiger partial charge >= 0.3 is 5.97 Å². The third-order valence-electron chi connectivity index (χ3n) is 3.64. The molecule has 0 spiro atoms. The molecule has 1 unspecified atom stereocenters. The van der Waals surface area contributed by atoms with Crippen molar-refractivity contribution in [2.24, 2.45) is 5.92 Å². The van der Waals surface area contributed by atoms with Crippen molar-refractivity contribution in [2.45, 2.75) is 20.0 Å². The number of aliphatic carboxylic acids is 1. The summed E-state index contributed by atoms with van der Waals surface area (Å²) in [6.45, 7) is 3.53. The Morgan fingerprint density at radius 3 is 2.27 bits per heavy atom. The van der Waals surface area contributed by atoms with Crippen molar-refractivity contribution in [1.29, 1.82) is 0 Å². The topological polar surface area (TPSA) is 84.9 Å². The monoisotopic (exact) mass is 377 g/mol. The lowest BCUT2D eigenvalue weighted by Crippen LogP contribution is -2.32. The Hall–Kier alpha value is -2.73. The summed E-state index contributed by atoms with van der Waals surface area (Å²) in [4.78, 5) is 23.5. The van der Waals surface area contributed by atoms with Gasteiger partial charge in [0.05, 0.1) is 12.1 Å². The molecule has 0 saturated carbocycles. The molecule has 0 aromatic heterocycles. The molecule has 0 aliphatic heterocycles. The van der Waals surface area contributed by atoms with E-state index in [0.29, 0.717) is 27.8 Å². The number of carbonyl (C=O) groups is 2. The predicted octanol–water partition coefficient (Wildman–Crippen LogP) is 4.09. The standard InChI is InChI=1S/C19H20ClNO5/c1-11(2)17(19(23)24)26-14-7-4-12(5-8-14)18(22)21-13-6-9-16(25-3)15(20)10-13/h4-11,17H,1-3H3,(H,21,22)(H,23,24). The summed E-state index contributed by atoms with van der Waals surface area (Å²) in [6.07, 6.45) is -0.948. The minimum Gasteiger partial charge on any atom is -0.495 e. The number of ether oxygens (including phenoxy) is 2. The lowest BCUT2D eigenvalue weighted by molar-refractivity contribution is -0.147. The van der Waals surface area contributed by atoms with E-state index in [9.17, 15) is 9.59 Å². The van der Waals surface area contributed by atoms with Gasteiger partial charge in [0.15, 0.2) is 6.10 Å². The van der Waals surface area contributed by atoms with Gasteiger partial charge < -0.3 is 19.9 Å². The lowest BCUT2D eigenvalue weighted by Gasteiger charge is -2.18. The van der Waals surface area contributed by atoms with Crippen LogP contribution in [0, 0.1) is 5.92 Å². The number of rotatable bonds is 7. The van der Waals surface area contributed by atoms with Crippen LogP contribution in [-0.4, -0.2) is 30.2 Å². The van der Waals surface area contributed by atoms with Crippen LogP contribution in [0.5, 0.6) is 11.5 Å². The third-order valence-corrected chi connectivity index (χ3v) is 3.93. The molecule has 7 heteroatoms. The highest BCUT2D eigenvalue weighted by Gasteiger charge is 2.23. The molecule has 0 aliphatic rings. The van der Waals surface area contributed by atoms with Crippen LogP contribution in [0.4, 0.5) is 5.69 Å². The quantitative estimate of drug-likeness (QED) is 0.759. The van der Waals surface area contributed by atoms with Gasteiger partial charge in [-0.3, -0.25) is 4.79 Å². The number of amides is 1. The summed E-state index contributed by atoms with van der Waals surface area (Å²) in [5, 5.41) is 12.3. The molecular formula is C19H20ClNO5. The molecule has 26 heavy (non-hydrogen) atoms. The van der Waals surface area contributed by atoms with Gasteiger partial charge in [0.25, 0.3) is 5.91 Å². The number of nitrogens with one attached hydrogen (secondary N) is 1. The third kappa shape index (κ3) is 4.89. The van der Waals surface area contributed by atoms with Crippen molar-refractivity contribution in [1.82, 2.24) is 0 Å². The van der Waals surface area contributed by atoms with Crippen molar-refractivity contribution in [3.8, 4) is 11.5 Å². The van der Waals surface area contributed by atoms with Gasteiger partial charge in [-0.15, -0.1) is 0 Å². The molecule has 138 valence electrons. The fourth-order valence-electron chi connectivity index (χ4n) is 2.25. The van der Waals surface area contributed by atoms with Crippen LogP contribution in [0.1, 0.15) is 24.2 Å². The summed E-state index contributed by atoms with van der Waals surface area (Å²) in [5.41, 5.74) is 0.938. The SMILES string of the molecule is COc1ccc(NC(=O)c2ccc(OC(C(=O)O)C(C)C)cc2)cc1Cl. The van der Waals surface area contributed by atoms with E-state index in [0.717, 1.165) is 0 Å². The number of carboxylic acid groups (broad SMARTS) is 1. The largest absolute Gasteiger partial charge is 0.495 e. The highest BCUT2D eigenvalue weighted by atomic mass is 35.5. The molecule has 1 atom stereocenters. The van der Waals surface area contributed by atoms with E-state index in [-0.39, 0.29) is 11.8 Å². The molecule has 1 amide bonds. The normalized spacial score (nSPS) is 11.7. The first-order valence-electron chi connectivity index (χ1n) is 7.96. The minimum atomic E-state index is -1.03. The summed E-state index contributed by atoms with van der Waals surface area (Å²) in [7, 11) is 1.51. The van der Waals surface area contributed by atoms with E-state index in [1.54, 1.807) is 56.3 Å². The number of anilines is 1. The summed E-state index contributed by atoms with van der Waals surface area (Å²) in [5.74, 6) is -0.635. The van der Waals surface area contributed by atoms with Gasteiger partial charge in [0.1, 0.15) is 11.5 Å². The Labute approximate surface area is 156 Å². The average molecular weight is 378 g/mol. The van der Waals surface area contributed by atoms with Crippen LogP contribution in [0.2, 0.25) is 5.02 Å². The van der Waals surface area contributed by atoms with E-state index >= 15 is 0 Å². The van der Waals surface area contributed by atoms with E-state index in [1.165, 1.54) is 7.11 Å². The van der Waals surface area contributed by atoms with Gasteiger partial charge in [0.2, 0.25) is 0 Å². The van der Waals surface area contributed by atoms with Crippen molar-refractivity contribution in [2.75, 3.05) is 12.4 Å².